The summed E-state index contributed by atoms with van der Waals surface area (Å²) in [4.78, 5) is 13.4. The van der Waals surface area contributed by atoms with Gasteiger partial charge in [-0.05, 0) is 18.2 Å². The Hall–Kier alpha value is -1.62. The van der Waals surface area contributed by atoms with Crippen LogP contribution in [0.1, 0.15) is 0 Å². The van der Waals surface area contributed by atoms with Gasteiger partial charge < -0.3 is 16.0 Å². The van der Waals surface area contributed by atoms with E-state index in [9.17, 15) is 9.18 Å². The Bertz CT molecular complexity index is 397. The smallest absolute Gasteiger partial charge is 0.244 e. The highest BCUT2D eigenvalue weighted by Gasteiger charge is 2.28. The SMILES string of the molecule is NCC1C(=O)NCCN1c1cccc(F)c1. The molecule has 0 spiro atoms. The van der Waals surface area contributed by atoms with Crippen LogP contribution in [0.4, 0.5) is 10.1 Å². The van der Waals surface area contributed by atoms with E-state index in [1.54, 1.807) is 12.1 Å². The molecule has 0 radical (unpaired) electrons. The quantitative estimate of drug-likeness (QED) is 0.747. The molecule has 86 valence electrons. The molecular formula is C11H14FN3O. The molecule has 0 bridgehead atoms. The summed E-state index contributed by atoms with van der Waals surface area (Å²) in [5, 5.41) is 2.74. The lowest BCUT2D eigenvalue weighted by Crippen LogP contribution is -2.58. The molecule has 2 rings (SSSR count). The lowest BCUT2D eigenvalue weighted by molar-refractivity contribution is -0.123. The first kappa shape index (κ1) is 10.9. The molecule has 1 aliphatic heterocycles. The molecular weight excluding hydrogens is 209 g/mol. The number of carbonyl (C=O) groups is 1. The zero-order valence-electron chi connectivity index (χ0n) is 8.82. The minimum absolute atomic E-state index is 0.0991. The molecule has 1 fully saturated rings. The number of halogens is 1. The Kier molecular flexibility index (Phi) is 3.05. The van der Waals surface area contributed by atoms with Gasteiger partial charge in [0.1, 0.15) is 11.9 Å². The highest BCUT2D eigenvalue weighted by molar-refractivity contribution is 5.86. The summed E-state index contributed by atoms with van der Waals surface area (Å²) in [6.07, 6.45) is 0. The number of nitrogens with one attached hydrogen (secondary N) is 1. The van der Waals surface area contributed by atoms with Gasteiger partial charge in [0.25, 0.3) is 0 Å². The number of nitrogens with zero attached hydrogens (tertiary/aromatic N) is 1. The van der Waals surface area contributed by atoms with E-state index in [0.717, 1.165) is 0 Å². The zero-order valence-corrected chi connectivity index (χ0v) is 8.82. The van der Waals surface area contributed by atoms with Crippen molar-refractivity contribution in [3.8, 4) is 0 Å². The highest BCUT2D eigenvalue weighted by Crippen LogP contribution is 2.19. The topological polar surface area (TPSA) is 58.4 Å². The van der Waals surface area contributed by atoms with Crippen molar-refractivity contribution >= 4 is 11.6 Å². The van der Waals surface area contributed by atoms with Gasteiger partial charge in [-0.3, -0.25) is 4.79 Å². The van der Waals surface area contributed by atoms with Crippen molar-refractivity contribution in [1.82, 2.24) is 5.32 Å². The summed E-state index contributed by atoms with van der Waals surface area (Å²) >= 11 is 0. The Morgan fingerprint density at radius 3 is 3.06 bits per heavy atom. The van der Waals surface area contributed by atoms with Gasteiger partial charge in [-0.2, -0.15) is 0 Å². The Morgan fingerprint density at radius 2 is 2.38 bits per heavy atom. The lowest BCUT2D eigenvalue weighted by Gasteiger charge is -2.36. The minimum atomic E-state index is -0.407. The fourth-order valence-corrected chi connectivity index (χ4v) is 1.91. The van der Waals surface area contributed by atoms with E-state index in [1.165, 1.54) is 12.1 Å². The van der Waals surface area contributed by atoms with Crippen molar-refractivity contribution in [3.63, 3.8) is 0 Å². The van der Waals surface area contributed by atoms with Crippen LogP contribution in [0.15, 0.2) is 24.3 Å². The third-order valence-corrected chi connectivity index (χ3v) is 2.69. The van der Waals surface area contributed by atoms with Gasteiger partial charge in [-0.15, -0.1) is 0 Å². The van der Waals surface area contributed by atoms with Gasteiger partial charge in [0.2, 0.25) is 5.91 Å². The van der Waals surface area contributed by atoms with E-state index in [0.29, 0.717) is 18.8 Å². The van der Waals surface area contributed by atoms with E-state index >= 15 is 0 Å². The molecule has 0 aromatic heterocycles. The van der Waals surface area contributed by atoms with Gasteiger partial charge in [-0.1, -0.05) is 6.07 Å². The summed E-state index contributed by atoms with van der Waals surface area (Å²) in [6.45, 7) is 1.44. The molecule has 3 N–H and O–H groups in total. The molecule has 1 unspecified atom stereocenters. The average molecular weight is 223 g/mol. The number of amides is 1. The van der Waals surface area contributed by atoms with Crippen molar-refractivity contribution in [2.75, 3.05) is 24.5 Å². The largest absolute Gasteiger partial charge is 0.357 e. The van der Waals surface area contributed by atoms with Gasteiger partial charge in [0, 0.05) is 25.3 Å². The van der Waals surface area contributed by atoms with Gasteiger partial charge in [0.15, 0.2) is 0 Å². The van der Waals surface area contributed by atoms with Crippen LogP contribution in [0.25, 0.3) is 0 Å². The third kappa shape index (κ3) is 1.99. The number of anilines is 1. The molecule has 1 amide bonds. The van der Waals surface area contributed by atoms with Crippen molar-refractivity contribution in [2.45, 2.75) is 6.04 Å². The lowest BCUT2D eigenvalue weighted by atomic mass is 10.1. The summed E-state index contributed by atoms with van der Waals surface area (Å²) in [5.74, 6) is -0.405. The van der Waals surface area contributed by atoms with Crippen LogP contribution in [-0.4, -0.2) is 31.6 Å². The highest BCUT2D eigenvalue weighted by atomic mass is 19.1. The fraction of sp³-hybridized carbons (Fsp3) is 0.364. The normalized spacial score (nSPS) is 20.8. The maximum Gasteiger partial charge on any atom is 0.244 e. The molecule has 4 nitrogen and oxygen atoms in total. The van der Waals surface area contributed by atoms with Crippen molar-refractivity contribution in [2.24, 2.45) is 5.73 Å². The van der Waals surface area contributed by atoms with Gasteiger partial charge in [-0.25, -0.2) is 4.39 Å². The first-order valence-corrected chi connectivity index (χ1v) is 5.22. The van der Waals surface area contributed by atoms with E-state index in [-0.39, 0.29) is 18.3 Å². The number of nitrogens with two attached hydrogens (primary N) is 1. The number of hydrogen-bond acceptors (Lipinski definition) is 3. The molecule has 1 heterocycles. The van der Waals surface area contributed by atoms with Crippen LogP contribution in [0, 0.1) is 5.82 Å². The fourth-order valence-electron chi connectivity index (χ4n) is 1.91. The molecule has 1 aromatic rings. The number of rotatable bonds is 2. The third-order valence-electron chi connectivity index (χ3n) is 2.69. The molecule has 0 aliphatic carbocycles. The molecule has 5 heteroatoms. The number of benzene rings is 1. The van der Waals surface area contributed by atoms with Crippen molar-refractivity contribution < 1.29 is 9.18 Å². The Labute approximate surface area is 93.2 Å². The second-order valence-electron chi connectivity index (χ2n) is 3.72. The van der Waals surface area contributed by atoms with Gasteiger partial charge >= 0.3 is 0 Å². The zero-order chi connectivity index (χ0) is 11.5. The van der Waals surface area contributed by atoms with Crippen LogP contribution >= 0.6 is 0 Å². The van der Waals surface area contributed by atoms with Crippen LogP contribution < -0.4 is 16.0 Å². The van der Waals surface area contributed by atoms with Crippen LogP contribution in [0.5, 0.6) is 0 Å². The predicted molar refractivity (Wildman–Crippen MR) is 59.6 cm³/mol. The van der Waals surface area contributed by atoms with Crippen LogP contribution in [-0.2, 0) is 4.79 Å². The van der Waals surface area contributed by atoms with Crippen molar-refractivity contribution in [1.29, 1.82) is 0 Å². The second-order valence-corrected chi connectivity index (χ2v) is 3.72. The predicted octanol–water partition coefficient (Wildman–Crippen LogP) is 0.0892. The van der Waals surface area contributed by atoms with Crippen LogP contribution in [0.2, 0.25) is 0 Å². The number of carbonyl (C=O) groups excluding carboxylic acids is 1. The Morgan fingerprint density at radius 1 is 1.56 bits per heavy atom. The monoisotopic (exact) mass is 223 g/mol. The minimum Gasteiger partial charge on any atom is -0.357 e. The number of piperazine rings is 1. The number of hydrogen-bond donors (Lipinski definition) is 2. The van der Waals surface area contributed by atoms with Gasteiger partial charge in [0.05, 0.1) is 0 Å². The molecule has 1 aliphatic rings. The molecule has 1 saturated heterocycles. The summed E-state index contributed by atoms with van der Waals surface area (Å²) in [5.41, 5.74) is 6.26. The second kappa shape index (κ2) is 4.49. The maximum atomic E-state index is 13.1. The van der Waals surface area contributed by atoms with E-state index in [1.807, 2.05) is 4.90 Å². The standard InChI is InChI=1S/C11H14FN3O/c12-8-2-1-3-9(6-8)15-5-4-14-11(16)10(15)7-13/h1-3,6,10H,4-5,7,13H2,(H,14,16). The Balaban J connectivity index is 2.27. The molecule has 1 atom stereocenters. The van der Waals surface area contributed by atoms with E-state index in [2.05, 4.69) is 5.32 Å². The van der Waals surface area contributed by atoms with E-state index in [4.69, 9.17) is 5.73 Å². The van der Waals surface area contributed by atoms with Crippen LogP contribution in [0.3, 0.4) is 0 Å². The first-order valence-electron chi connectivity index (χ1n) is 5.22. The molecule has 16 heavy (non-hydrogen) atoms. The summed E-state index contributed by atoms with van der Waals surface area (Å²) < 4.78 is 13.1. The average Bonchev–Trinajstić information content (AvgIpc) is 2.28. The molecule has 0 saturated carbocycles. The maximum absolute atomic E-state index is 13.1. The molecule has 1 aromatic carbocycles. The first-order chi connectivity index (χ1) is 7.72. The van der Waals surface area contributed by atoms with Crippen molar-refractivity contribution in [3.05, 3.63) is 30.1 Å². The summed E-state index contributed by atoms with van der Waals surface area (Å²) in [6, 6.07) is 5.80. The summed E-state index contributed by atoms with van der Waals surface area (Å²) in [7, 11) is 0. The van der Waals surface area contributed by atoms with E-state index < -0.39 is 6.04 Å².